The van der Waals surface area contributed by atoms with Gasteiger partial charge < -0.3 is 4.74 Å². The lowest BCUT2D eigenvalue weighted by Gasteiger charge is -2.24. The van der Waals surface area contributed by atoms with Gasteiger partial charge in [0.1, 0.15) is 0 Å². The predicted molar refractivity (Wildman–Crippen MR) is 87.3 cm³/mol. The average molecular weight is 290 g/mol. The fraction of sp³-hybridized carbons (Fsp3) is 0.471. The van der Waals surface area contributed by atoms with Gasteiger partial charge >= 0.3 is 5.97 Å². The van der Waals surface area contributed by atoms with E-state index in [4.69, 9.17) is 4.74 Å². The number of allylic oxidation sites excluding steroid dienone is 1. The van der Waals surface area contributed by atoms with Gasteiger partial charge in [-0.15, -0.1) is 0 Å². The normalized spacial score (nSPS) is 12.3. The summed E-state index contributed by atoms with van der Waals surface area (Å²) in [7, 11) is -0.346. The van der Waals surface area contributed by atoms with Crippen LogP contribution in [0.3, 0.4) is 0 Å². The third-order valence-electron chi connectivity index (χ3n) is 3.53. The first kappa shape index (κ1) is 16.7. The Labute approximate surface area is 123 Å². The Hall–Kier alpha value is -1.35. The summed E-state index contributed by atoms with van der Waals surface area (Å²) in [6.07, 6.45) is 5.35. The van der Waals surface area contributed by atoms with Crippen molar-refractivity contribution < 1.29 is 9.53 Å². The lowest BCUT2D eigenvalue weighted by Crippen LogP contribution is -2.37. The summed E-state index contributed by atoms with van der Waals surface area (Å²) >= 11 is 0. The molecule has 0 fully saturated rings. The summed E-state index contributed by atoms with van der Waals surface area (Å²) in [5, 5.41) is 0.928. The molecule has 2 nitrogen and oxygen atoms in total. The molecule has 20 heavy (non-hydrogen) atoms. The number of hydrogen-bond acceptors (Lipinski definition) is 2. The van der Waals surface area contributed by atoms with Gasteiger partial charge in [-0.1, -0.05) is 74.8 Å². The lowest BCUT2D eigenvalue weighted by molar-refractivity contribution is -0.135. The molecule has 0 radical (unpaired) electrons. The number of carbonyl (C=O) groups excluding carboxylic acids is 1. The van der Waals surface area contributed by atoms with Crippen LogP contribution >= 0.6 is 0 Å². The second-order valence-corrected chi connectivity index (χ2v) is 10.5. The number of benzene rings is 1. The summed E-state index contributed by atoms with van der Waals surface area (Å²) in [4.78, 5) is 12.1. The van der Waals surface area contributed by atoms with Crippen molar-refractivity contribution in [2.24, 2.45) is 0 Å². The van der Waals surface area contributed by atoms with E-state index in [-0.39, 0.29) is 5.97 Å². The minimum Gasteiger partial charge on any atom is -0.466 e. The minimum absolute atomic E-state index is 0.145. The number of unbranched alkanes of at least 4 members (excludes halogenated alkanes) is 2. The molecule has 1 aromatic carbocycles. The number of ether oxygens (including phenoxy) is 1. The molecular formula is C17H26O2Si. The van der Waals surface area contributed by atoms with Crippen LogP contribution < -0.4 is 0 Å². The Morgan fingerprint density at radius 1 is 1.25 bits per heavy atom. The van der Waals surface area contributed by atoms with Gasteiger partial charge in [0.25, 0.3) is 0 Å². The first-order chi connectivity index (χ1) is 9.51. The van der Waals surface area contributed by atoms with Crippen molar-refractivity contribution in [3.63, 3.8) is 0 Å². The second kappa shape index (κ2) is 8.05. The monoisotopic (exact) mass is 290 g/mol. The molecule has 3 heteroatoms. The first-order valence-corrected chi connectivity index (χ1v) is 10.5. The third-order valence-corrected chi connectivity index (χ3v) is 6.69. The molecule has 0 aliphatic heterocycles. The largest absolute Gasteiger partial charge is 0.466 e. The van der Waals surface area contributed by atoms with Gasteiger partial charge in [-0.05, 0) is 12.5 Å². The van der Waals surface area contributed by atoms with Crippen LogP contribution in [0.5, 0.6) is 0 Å². The Kier molecular flexibility index (Phi) is 6.72. The SMILES string of the molecule is CCCC/C=C(\C(=O)OC)[Si](C)(C)Cc1ccccc1. The van der Waals surface area contributed by atoms with Crippen molar-refractivity contribution in [2.45, 2.75) is 45.3 Å². The highest BCUT2D eigenvalue weighted by Gasteiger charge is 2.31. The zero-order valence-corrected chi connectivity index (χ0v) is 14.1. The Balaban J connectivity index is 2.92. The summed E-state index contributed by atoms with van der Waals surface area (Å²) < 4.78 is 4.99. The molecule has 0 saturated heterocycles. The van der Waals surface area contributed by atoms with Gasteiger partial charge in [-0.2, -0.15) is 0 Å². The van der Waals surface area contributed by atoms with Crippen LogP contribution in [0.4, 0.5) is 0 Å². The summed E-state index contributed by atoms with van der Waals surface area (Å²) in [6.45, 7) is 6.65. The molecule has 0 aliphatic carbocycles. The first-order valence-electron chi connectivity index (χ1n) is 7.34. The topological polar surface area (TPSA) is 26.3 Å². The maximum atomic E-state index is 12.1. The highest BCUT2D eigenvalue weighted by atomic mass is 28.3. The van der Waals surface area contributed by atoms with Crippen LogP contribution in [0.25, 0.3) is 0 Å². The Morgan fingerprint density at radius 3 is 2.45 bits per heavy atom. The number of esters is 1. The van der Waals surface area contributed by atoms with Gasteiger partial charge in [-0.3, -0.25) is 0 Å². The van der Waals surface area contributed by atoms with E-state index in [0.29, 0.717) is 0 Å². The van der Waals surface area contributed by atoms with Crippen molar-refractivity contribution in [2.75, 3.05) is 7.11 Å². The molecule has 0 N–H and O–H groups in total. The molecule has 1 aromatic rings. The molecule has 110 valence electrons. The van der Waals surface area contributed by atoms with Crippen LogP contribution in [0, 0.1) is 0 Å². The van der Waals surface area contributed by atoms with E-state index in [0.717, 1.165) is 30.5 Å². The van der Waals surface area contributed by atoms with Crippen molar-refractivity contribution in [1.29, 1.82) is 0 Å². The van der Waals surface area contributed by atoms with Gasteiger partial charge in [0.15, 0.2) is 0 Å². The van der Waals surface area contributed by atoms with E-state index in [9.17, 15) is 4.79 Å². The fourth-order valence-electron chi connectivity index (χ4n) is 2.40. The van der Waals surface area contributed by atoms with E-state index in [2.05, 4.69) is 50.4 Å². The summed E-state index contributed by atoms with van der Waals surface area (Å²) in [5.41, 5.74) is 1.30. The Bertz CT molecular complexity index is 449. The fourth-order valence-corrected chi connectivity index (χ4v) is 5.20. The molecule has 0 atom stereocenters. The quantitative estimate of drug-likeness (QED) is 0.324. The number of rotatable bonds is 7. The van der Waals surface area contributed by atoms with Crippen molar-refractivity contribution in [3.8, 4) is 0 Å². The summed E-state index contributed by atoms with van der Waals surface area (Å²) in [6, 6.07) is 11.4. The van der Waals surface area contributed by atoms with Gasteiger partial charge in [0.2, 0.25) is 0 Å². The molecule has 1 rings (SSSR count). The number of methoxy groups -OCH3 is 1. The zero-order valence-electron chi connectivity index (χ0n) is 13.1. The standard InChI is InChI=1S/C17H26O2Si/c1-5-6-8-13-16(17(18)19-2)20(3,4)14-15-11-9-7-10-12-15/h7,9-13H,5-6,8,14H2,1-4H3/b16-13+. The molecule has 0 unspecified atom stereocenters. The van der Waals surface area contributed by atoms with Gasteiger partial charge in [0, 0.05) is 5.20 Å². The molecule has 0 saturated carbocycles. The maximum absolute atomic E-state index is 12.1. The van der Waals surface area contributed by atoms with E-state index < -0.39 is 8.07 Å². The maximum Gasteiger partial charge on any atom is 0.329 e. The van der Waals surface area contributed by atoms with Crippen molar-refractivity contribution in [3.05, 3.63) is 47.2 Å². The number of hydrogen-bond donors (Lipinski definition) is 0. The highest BCUT2D eigenvalue weighted by Crippen LogP contribution is 2.22. The predicted octanol–water partition coefficient (Wildman–Crippen LogP) is 4.31. The number of carbonyl (C=O) groups is 1. The van der Waals surface area contributed by atoms with Crippen LogP contribution in [-0.2, 0) is 15.6 Å². The van der Waals surface area contributed by atoms with E-state index >= 15 is 0 Å². The molecule has 0 aliphatic rings. The van der Waals surface area contributed by atoms with Crippen LogP contribution in [-0.4, -0.2) is 21.2 Å². The summed E-state index contributed by atoms with van der Waals surface area (Å²) in [5.74, 6) is -0.145. The van der Waals surface area contributed by atoms with Crippen LogP contribution in [0.2, 0.25) is 13.1 Å². The van der Waals surface area contributed by atoms with Crippen molar-refractivity contribution in [1.82, 2.24) is 0 Å². The van der Waals surface area contributed by atoms with Crippen LogP contribution in [0.1, 0.15) is 31.7 Å². The van der Waals surface area contributed by atoms with E-state index in [1.165, 1.54) is 12.7 Å². The molecule has 0 aromatic heterocycles. The van der Waals surface area contributed by atoms with Gasteiger partial charge in [-0.25, -0.2) is 4.79 Å². The highest BCUT2D eigenvalue weighted by molar-refractivity contribution is 6.87. The van der Waals surface area contributed by atoms with Gasteiger partial charge in [0.05, 0.1) is 15.2 Å². The van der Waals surface area contributed by atoms with Crippen LogP contribution in [0.15, 0.2) is 41.6 Å². The van der Waals surface area contributed by atoms with E-state index in [1.807, 2.05) is 6.07 Å². The van der Waals surface area contributed by atoms with E-state index in [1.54, 1.807) is 0 Å². The smallest absolute Gasteiger partial charge is 0.329 e. The lowest BCUT2D eigenvalue weighted by atomic mass is 10.2. The average Bonchev–Trinajstić information content (AvgIpc) is 2.43. The Morgan fingerprint density at radius 2 is 1.90 bits per heavy atom. The molecule has 0 spiro atoms. The zero-order chi connectivity index (χ0) is 15.0. The molecule has 0 amide bonds. The van der Waals surface area contributed by atoms with Crippen molar-refractivity contribution >= 4 is 14.0 Å². The minimum atomic E-state index is -1.82. The molecule has 0 heterocycles. The molecule has 0 bridgehead atoms. The second-order valence-electron chi connectivity index (χ2n) is 5.80. The third kappa shape index (κ3) is 4.97. The molecular weight excluding hydrogens is 264 g/mol.